The van der Waals surface area contributed by atoms with Crippen molar-refractivity contribution in [1.29, 1.82) is 0 Å². The van der Waals surface area contributed by atoms with Crippen LogP contribution in [0, 0.1) is 0 Å². The van der Waals surface area contributed by atoms with E-state index in [0.717, 1.165) is 44.9 Å². The third kappa shape index (κ3) is 22.3. The van der Waals surface area contributed by atoms with Gasteiger partial charge in [-0.2, -0.15) is 0 Å². The molecule has 0 radical (unpaired) electrons. The molecule has 0 aromatic carbocycles. The summed E-state index contributed by atoms with van der Waals surface area (Å²) in [5.74, 6) is -0.258. The molecule has 2 unspecified atom stereocenters. The van der Waals surface area contributed by atoms with Gasteiger partial charge in [-0.25, -0.2) is 0 Å². The van der Waals surface area contributed by atoms with Gasteiger partial charge in [-0.1, -0.05) is 168 Å². The van der Waals surface area contributed by atoms with Crippen LogP contribution in [0.25, 0.3) is 0 Å². The number of rotatable bonds is 34. The van der Waals surface area contributed by atoms with Crippen molar-refractivity contribution in [3.63, 3.8) is 0 Å². The van der Waals surface area contributed by atoms with Gasteiger partial charge in [-0.05, 0) is 12.8 Å². The van der Waals surface area contributed by atoms with Gasteiger partial charge >= 0.3 is 0 Å². The van der Waals surface area contributed by atoms with E-state index in [2.05, 4.69) is 19.2 Å². The predicted molar refractivity (Wildman–Crippen MR) is 200 cm³/mol. The van der Waals surface area contributed by atoms with Crippen molar-refractivity contribution < 1.29 is 44.9 Å². The summed E-state index contributed by atoms with van der Waals surface area (Å²) in [7, 11) is 0. The van der Waals surface area contributed by atoms with E-state index in [1.807, 2.05) is 0 Å². The van der Waals surface area contributed by atoms with Crippen LogP contribution in [0.3, 0.4) is 0 Å². The van der Waals surface area contributed by atoms with Crippen molar-refractivity contribution in [3.05, 3.63) is 0 Å². The lowest BCUT2D eigenvalue weighted by Gasteiger charge is -2.40. The summed E-state index contributed by atoms with van der Waals surface area (Å²) in [4.78, 5) is 12.9. The maximum Gasteiger partial charge on any atom is 0.220 e. The largest absolute Gasteiger partial charge is 0.394 e. The highest BCUT2D eigenvalue weighted by Crippen LogP contribution is 2.23. The maximum atomic E-state index is 12.9. The van der Waals surface area contributed by atoms with Crippen LogP contribution in [0.1, 0.15) is 187 Å². The molecular weight excluding hydrogens is 638 g/mol. The molecule has 1 rings (SSSR count). The molecule has 8 atom stereocenters. The average molecular weight is 718 g/mol. The van der Waals surface area contributed by atoms with Crippen molar-refractivity contribution in [2.75, 3.05) is 13.2 Å². The van der Waals surface area contributed by atoms with E-state index in [1.165, 1.54) is 116 Å². The third-order valence-electron chi connectivity index (χ3n) is 10.3. The molecule has 1 aliphatic rings. The number of unbranched alkanes of at least 4 members (excludes halogenated alkanes) is 23. The first-order valence-electron chi connectivity index (χ1n) is 20.8. The Balaban J connectivity index is 2.46. The molecule has 0 saturated carbocycles. The Hall–Kier alpha value is -0.850. The van der Waals surface area contributed by atoms with Crippen LogP contribution in [0.4, 0.5) is 0 Å². The van der Waals surface area contributed by atoms with Gasteiger partial charge in [0.1, 0.15) is 30.5 Å². The van der Waals surface area contributed by atoms with Gasteiger partial charge in [-0.3, -0.25) is 4.79 Å². The molecule has 0 spiro atoms. The molecule has 0 aromatic heterocycles. The van der Waals surface area contributed by atoms with Crippen LogP contribution < -0.4 is 5.32 Å². The zero-order valence-electron chi connectivity index (χ0n) is 32.0. The number of nitrogens with one attached hydrogen (secondary N) is 1. The van der Waals surface area contributed by atoms with Gasteiger partial charge in [0.15, 0.2) is 6.29 Å². The normalized spacial score (nSPS) is 22.8. The molecule has 1 heterocycles. The van der Waals surface area contributed by atoms with Gasteiger partial charge < -0.3 is 45.4 Å². The number of aliphatic hydroxyl groups is 6. The molecule has 298 valence electrons. The zero-order valence-corrected chi connectivity index (χ0v) is 32.0. The monoisotopic (exact) mass is 718 g/mol. The quantitative estimate of drug-likeness (QED) is 0.0364. The summed E-state index contributed by atoms with van der Waals surface area (Å²) in [5.41, 5.74) is 0. The summed E-state index contributed by atoms with van der Waals surface area (Å²) in [6.07, 6.45) is 21.1. The Morgan fingerprint density at radius 3 is 1.48 bits per heavy atom. The number of amides is 1. The van der Waals surface area contributed by atoms with Crippen LogP contribution in [0.2, 0.25) is 0 Å². The molecule has 1 fully saturated rings. The first-order valence-corrected chi connectivity index (χ1v) is 20.8. The van der Waals surface area contributed by atoms with Gasteiger partial charge in [-0.15, -0.1) is 0 Å². The van der Waals surface area contributed by atoms with Crippen molar-refractivity contribution in [2.24, 2.45) is 0 Å². The van der Waals surface area contributed by atoms with Crippen LogP contribution in [0.5, 0.6) is 0 Å². The van der Waals surface area contributed by atoms with Crippen LogP contribution >= 0.6 is 0 Å². The molecular formula is C40H79NO9. The summed E-state index contributed by atoms with van der Waals surface area (Å²) >= 11 is 0. The zero-order chi connectivity index (χ0) is 36.8. The number of hydrogen-bond acceptors (Lipinski definition) is 9. The van der Waals surface area contributed by atoms with Crippen molar-refractivity contribution in [1.82, 2.24) is 5.32 Å². The lowest BCUT2D eigenvalue weighted by Crippen LogP contribution is -2.60. The highest BCUT2D eigenvalue weighted by Gasteiger charge is 2.44. The van der Waals surface area contributed by atoms with Gasteiger partial charge in [0, 0.05) is 6.42 Å². The van der Waals surface area contributed by atoms with Gasteiger partial charge in [0.05, 0.1) is 25.4 Å². The Labute approximate surface area is 305 Å². The van der Waals surface area contributed by atoms with E-state index in [1.54, 1.807) is 0 Å². The van der Waals surface area contributed by atoms with Crippen molar-refractivity contribution in [3.8, 4) is 0 Å². The first-order chi connectivity index (χ1) is 24.3. The second-order valence-corrected chi connectivity index (χ2v) is 14.9. The Morgan fingerprint density at radius 1 is 0.620 bits per heavy atom. The van der Waals surface area contributed by atoms with E-state index in [0.29, 0.717) is 6.42 Å². The highest BCUT2D eigenvalue weighted by molar-refractivity contribution is 5.76. The molecule has 10 heteroatoms. The number of hydrogen-bond donors (Lipinski definition) is 7. The van der Waals surface area contributed by atoms with E-state index in [-0.39, 0.29) is 18.9 Å². The fraction of sp³-hybridized carbons (Fsp3) is 0.975. The van der Waals surface area contributed by atoms with E-state index >= 15 is 0 Å². The van der Waals surface area contributed by atoms with Gasteiger partial charge in [0.25, 0.3) is 0 Å². The smallest absolute Gasteiger partial charge is 0.220 e. The number of aliphatic hydroxyl groups excluding tert-OH is 6. The average Bonchev–Trinajstić information content (AvgIpc) is 3.11. The SMILES string of the molecule is CCCCCCCCCCCCCCC[C@@H](O)[C@@H](O)[C@H](CO[C@@H]1O[C@H](CO)[C@@H](O)C(O)C1O)NC(=O)CCCCCCCCCCCCCC. The van der Waals surface area contributed by atoms with Crippen molar-refractivity contribution >= 4 is 5.91 Å². The third-order valence-corrected chi connectivity index (χ3v) is 10.3. The molecule has 1 aliphatic heterocycles. The standard InChI is InChI=1S/C40H79NO9/c1-3-5-7-9-11-13-15-17-18-20-22-24-26-28-33(43)36(45)32(31-49-40-39(48)38(47)37(46)34(30-42)50-40)41-35(44)29-27-25-23-21-19-16-14-12-10-8-6-4-2/h32-34,36-40,42-43,45-48H,3-31H2,1-2H3,(H,41,44)/t32-,33+,34+,36-,37+,38?,39?,40+/m0/s1. The summed E-state index contributed by atoms with van der Waals surface area (Å²) < 4.78 is 11.1. The van der Waals surface area contributed by atoms with E-state index in [4.69, 9.17) is 9.47 Å². The molecule has 0 aromatic rings. The molecule has 1 amide bonds. The predicted octanol–water partition coefficient (Wildman–Crippen LogP) is 6.58. The lowest BCUT2D eigenvalue weighted by atomic mass is 9.98. The maximum absolute atomic E-state index is 12.9. The minimum Gasteiger partial charge on any atom is -0.394 e. The Kier molecular flexibility index (Phi) is 29.9. The summed E-state index contributed by atoms with van der Waals surface area (Å²) in [6.45, 7) is 3.58. The van der Waals surface area contributed by atoms with E-state index < -0.39 is 55.6 Å². The molecule has 10 nitrogen and oxygen atoms in total. The second kappa shape index (κ2) is 31.7. The second-order valence-electron chi connectivity index (χ2n) is 14.9. The number of ether oxygens (including phenoxy) is 2. The fourth-order valence-corrected chi connectivity index (χ4v) is 6.84. The summed E-state index contributed by atoms with van der Waals surface area (Å²) in [5, 5.41) is 64.9. The number of carbonyl (C=O) groups excluding carboxylic acids is 1. The molecule has 0 aliphatic carbocycles. The van der Waals surface area contributed by atoms with Crippen molar-refractivity contribution in [2.45, 2.75) is 236 Å². The fourth-order valence-electron chi connectivity index (χ4n) is 6.84. The molecule has 0 bridgehead atoms. The first kappa shape index (κ1) is 47.2. The topological polar surface area (TPSA) is 169 Å². The highest BCUT2D eigenvalue weighted by atomic mass is 16.7. The molecule has 50 heavy (non-hydrogen) atoms. The number of carbonyl (C=O) groups is 1. The Bertz CT molecular complexity index is 773. The van der Waals surface area contributed by atoms with Crippen LogP contribution in [-0.4, -0.2) is 98.7 Å². The van der Waals surface area contributed by atoms with Crippen LogP contribution in [-0.2, 0) is 14.3 Å². The van der Waals surface area contributed by atoms with E-state index in [9.17, 15) is 35.4 Å². The molecule has 7 N–H and O–H groups in total. The minimum atomic E-state index is -1.60. The van der Waals surface area contributed by atoms with Gasteiger partial charge in [0.2, 0.25) is 5.91 Å². The minimum absolute atomic E-state index is 0.258. The molecule has 1 saturated heterocycles. The van der Waals surface area contributed by atoms with Crippen LogP contribution in [0.15, 0.2) is 0 Å². The lowest BCUT2D eigenvalue weighted by molar-refractivity contribution is -0.303. The summed E-state index contributed by atoms with van der Waals surface area (Å²) in [6, 6.07) is -0.982. The Morgan fingerprint density at radius 2 is 1.04 bits per heavy atom.